The van der Waals surface area contributed by atoms with Crippen LogP contribution in [-0.2, 0) is 4.74 Å². The van der Waals surface area contributed by atoms with Crippen molar-refractivity contribution in [1.29, 1.82) is 0 Å². The van der Waals surface area contributed by atoms with Crippen molar-refractivity contribution < 1.29 is 18.3 Å². The van der Waals surface area contributed by atoms with Gasteiger partial charge in [-0.15, -0.1) is 0 Å². The van der Waals surface area contributed by atoms with Gasteiger partial charge in [0.25, 0.3) is 0 Å². The second kappa shape index (κ2) is 10.7. The molecular weight excluding hydrogens is 408 g/mol. The molecule has 2 heterocycles. The minimum absolute atomic E-state index is 0.00373. The lowest BCUT2D eigenvalue weighted by atomic mass is 9.77. The van der Waals surface area contributed by atoms with Crippen molar-refractivity contribution in [2.45, 2.75) is 89.1 Å². The van der Waals surface area contributed by atoms with Gasteiger partial charge in [0, 0.05) is 23.7 Å². The molecule has 0 N–H and O–H groups in total. The molecule has 1 aromatic heterocycles. The van der Waals surface area contributed by atoms with Crippen LogP contribution in [0.4, 0.5) is 8.78 Å². The molecule has 0 bridgehead atoms. The van der Waals surface area contributed by atoms with Gasteiger partial charge in [-0.1, -0.05) is 25.5 Å². The first kappa shape index (κ1) is 23.2. The first-order chi connectivity index (χ1) is 15.6. The summed E-state index contributed by atoms with van der Waals surface area (Å²) in [5.74, 6) is -0.748. The Morgan fingerprint density at radius 3 is 2.28 bits per heavy atom. The Balaban J connectivity index is 1.33. The average Bonchev–Trinajstić information content (AvgIpc) is 2.83. The zero-order valence-electron chi connectivity index (χ0n) is 19.3. The molecule has 2 aliphatic rings. The number of aromatic nitrogens is 1. The monoisotopic (exact) mass is 443 g/mol. The fourth-order valence-electron chi connectivity index (χ4n) is 5.35. The molecule has 2 fully saturated rings. The molecule has 2 atom stereocenters. The van der Waals surface area contributed by atoms with Crippen LogP contribution in [0.2, 0.25) is 0 Å². The maximum absolute atomic E-state index is 14.6. The van der Waals surface area contributed by atoms with Crippen molar-refractivity contribution in [3.63, 3.8) is 0 Å². The van der Waals surface area contributed by atoms with E-state index in [1.54, 1.807) is 19.1 Å². The van der Waals surface area contributed by atoms with Gasteiger partial charge in [0.15, 0.2) is 11.6 Å². The third kappa shape index (κ3) is 5.14. The molecule has 4 rings (SSSR count). The summed E-state index contributed by atoms with van der Waals surface area (Å²) in [4.78, 5) is 4.79. The van der Waals surface area contributed by atoms with Gasteiger partial charge >= 0.3 is 0 Å². The zero-order chi connectivity index (χ0) is 22.5. The van der Waals surface area contributed by atoms with Crippen LogP contribution in [0.3, 0.4) is 0 Å². The fourth-order valence-corrected chi connectivity index (χ4v) is 5.35. The molecule has 32 heavy (non-hydrogen) atoms. The van der Waals surface area contributed by atoms with Crippen LogP contribution in [0.5, 0.6) is 5.75 Å². The minimum Gasteiger partial charge on any atom is -0.491 e. The number of halogens is 2. The molecule has 2 unspecified atom stereocenters. The predicted octanol–water partition coefficient (Wildman–Crippen LogP) is 7.26. The maximum atomic E-state index is 14.6. The third-order valence-electron chi connectivity index (χ3n) is 7.22. The van der Waals surface area contributed by atoms with E-state index < -0.39 is 11.6 Å². The molecule has 3 nitrogen and oxygen atoms in total. The number of benzene rings is 1. The van der Waals surface area contributed by atoms with E-state index in [4.69, 9.17) is 14.5 Å². The Morgan fingerprint density at radius 2 is 1.66 bits per heavy atom. The van der Waals surface area contributed by atoms with Gasteiger partial charge in [0.1, 0.15) is 0 Å². The normalized spacial score (nSPS) is 26.1. The molecular formula is C27H35F2NO2. The SMILES string of the molecule is CCCC1CCC(c2ccc(C3CCC(c4ccc(OCC)c(F)c4F)CC3)nc2)CO1. The second-order valence-electron chi connectivity index (χ2n) is 9.30. The first-order valence-corrected chi connectivity index (χ1v) is 12.3. The molecule has 0 radical (unpaired) electrons. The van der Waals surface area contributed by atoms with Gasteiger partial charge in [-0.3, -0.25) is 4.98 Å². The van der Waals surface area contributed by atoms with E-state index >= 15 is 0 Å². The maximum Gasteiger partial charge on any atom is 0.200 e. The fraction of sp³-hybridized carbons (Fsp3) is 0.593. The van der Waals surface area contributed by atoms with Crippen molar-refractivity contribution >= 4 is 0 Å². The highest BCUT2D eigenvalue weighted by Crippen LogP contribution is 2.42. The highest BCUT2D eigenvalue weighted by atomic mass is 19.2. The molecule has 1 aromatic carbocycles. The largest absolute Gasteiger partial charge is 0.491 e. The standard InChI is InChI=1S/C27H35F2NO2/c1-3-5-22-12-10-21(17-32-22)20-11-14-24(30-16-20)19-8-6-18(7-9-19)23-13-15-25(31-4-2)27(29)26(23)28/h11,13-16,18-19,21-22H,3-10,12,17H2,1-2H3. The predicted molar refractivity (Wildman–Crippen MR) is 122 cm³/mol. The summed E-state index contributed by atoms with van der Waals surface area (Å²) < 4.78 is 40.1. The van der Waals surface area contributed by atoms with Crippen LogP contribution in [0.15, 0.2) is 30.5 Å². The van der Waals surface area contributed by atoms with E-state index in [9.17, 15) is 8.78 Å². The highest BCUT2D eigenvalue weighted by molar-refractivity contribution is 5.33. The summed E-state index contributed by atoms with van der Waals surface area (Å²) in [5, 5.41) is 0. The topological polar surface area (TPSA) is 31.4 Å². The number of rotatable bonds is 7. The Hall–Kier alpha value is -2.01. The molecule has 174 valence electrons. The van der Waals surface area contributed by atoms with Crippen LogP contribution >= 0.6 is 0 Å². The quantitative estimate of drug-likeness (QED) is 0.451. The van der Waals surface area contributed by atoms with Gasteiger partial charge in [-0.25, -0.2) is 4.39 Å². The zero-order valence-corrected chi connectivity index (χ0v) is 19.3. The van der Waals surface area contributed by atoms with E-state index in [0.29, 0.717) is 30.1 Å². The van der Waals surface area contributed by atoms with Gasteiger partial charge < -0.3 is 9.47 Å². The number of hydrogen-bond acceptors (Lipinski definition) is 3. The third-order valence-corrected chi connectivity index (χ3v) is 7.22. The number of hydrogen-bond donors (Lipinski definition) is 0. The van der Waals surface area contributed by atoms with Crippen LogP contribution in [-0.4, -0.2) is 24.3 Å². The Kier molecular flexibility index (Phi) is 7.77. The van der Waals surface area contributed by atoms with Crippen LogP contribution < -0.4 is 4.74 Å². The molecule has 1 saturated heterocycles. The van der Waals surface area contributed by atoms with Crippen molar-refractivity contribution in [2.75, 3.05) is 13.2 Å². The summed E-state index contributed by atoms with van der Waals surface area (Å²) in [5.41, 5.74) is 2.86. The molecule has 0 amide bonds. The number of ether oxygens (including phenoxy) is 2. The van der Waals surface area contributed by atoms with Gasteiger partial charge in [0.05, 0.1) is 19.3 Å². The molecule has 1 aliphatic carbocycles. The molecule has 0 spiro atoms. The Morgan fingerprint density at radius 1 is 0.906 bits per heavy atom. The molecule has 2 aromatic rings. The average molecular weight is 444 g/mol. The lowest BCUT2D eigenvalue weighted by molar-refractivity contribution is -0.00118. The smallest absolute Gasteiger partial charge is 0.200 e. The summed E-state index contributed by atoms with van der Waals surface area (Å²) >= 11 is 0. The lowest BCUT2D eigenvalue weighted by Gasteiger charge is -2.30. The van der Waals surface area contributed by atoms with Crippen molar-refractivity contribution in [1.82, 2.24) is 4.98 Å². The summed E-state index contributed by atoms with van der Waals surface area (Å²) in [6, 6.07) is 7.63. The van der Waals surface area contributed by atoms with E-state index in [1.165, 1.54) is 18.4 Å². The Labute approximate surface area is 190 Å². The highest BCUT2D eigenvalue weighted by Gasteiger charge is 2.28. The van der Waals surface area contributed by atoms with Crippen LogP contribution in [0, 0.1) is 11.6 Å². The summed E-state index contributed by atoms with van der Waals surface area (Å²) in [6.45, 7) is 5.08. The first-order valence-electron chi connectivity index (χ1n) is 12.3. The Bertz CT molecular complexity index is 870. The van der Waals surface area contributed by atoms with E-state index in [0.717, 1.165) is 50.8 Å². The summed E-state index contributed by atoms with van der Waals surface area (Å²) in [6.07, 6.45) is 10.6. The minimum atomic E-state index is -0.864. The summed E-state index contributed by atoms with van der Waals surface area (Å²) in [7, 11) is 0. The van der Waals surface area contributed by atoms with E-state index in [-0.39, 0.29) is 11.7 Å². The second-order valence-corrected chi connectivity index (χ2v) is 9.30. The van der Waals surface area contributed by atoms with Crippen molar-refractivity contribution in [2.24, 2.45) is 0 Å². The van der Waals surface area contributed by atoms with Gasteiger partial charge in [-0.05, 0) is 81.0 Å². The number of nitrogens with zero attached hydrogens (tertiary/aromatic N) is 1. The lowest BCUT2D eigenvalue weighted by Crippen LogP contribution is -2.24. The van der Waals surface area contributed by atoms with Crippen molar-refractivity contribution in [3.8, 4) is 5.75 Å². The molecule has 5 heteroatoms. The molecule has 1 saturated carbocycles. The van der Waals surface area contributed by atoms with Crippen LogP contribution in [0.1, 0.15) is 99.8 Å². The number of pyridine rings is 1. The van der Waals surface area contributed by atoms with Crippen molar-refractivity contribution in [3.05, 3.63) is 58.9 Å². The van der Waals surface area contributed by atoms with E-state index in [2.05, 4.69) is 19.1 Å². The van der Waals surface area contributed by atoms with E-state index in [1.807, 2.05) is 6.20 Å². The molecule has 1 aliphatic heterocycles. The van der Waals surface area contributed by atoms with Gasteiger partial charge in [-0.2, -0.15) is 4.39 Å². The van der Waals surface area contributed by atoms with Crippen LogP contribution in [0.25, 0.3) is 0 Å². The van der Waals surface area contributed by atoms with Gasteiger partial charge in [0.2, 0.25) is 5.82 Å².